The van der Waals surface area contributed by atoms with Crippen molar-refractivity contribution in [2.45, 2.75) is 65.2 Å². The molecule has 3 aromatic heterocycles. The van der Waals surface area contributed by atoms with Crippen molar-refractivity contribution >= 4 is 30.4 Å². The van der Waals surface area contributed by atoms with Crippen molar-refractivity contribution in [1.29, 1.82) is 0 Å². The summed E-state index contributed by atoms with van der Waals surface area (Å²) in [5.74, 6) is 1.10. The van der Waals surface area contributed by atoms with Crippen LogP contribution >= 0.6 is 0 Å². The first-order valence-corrected chi connectivity index (χ1v) is 12.4. The maximum Gasteiger partial charge on any atom is 0.192 e. The SMILES string of the molecule is CCCc1nc2cnc3cccnc3c2n1CCO[Si](C)(C)C(C)(C)C. The molecule has 0 aliphatic carbocycles. The van der Waals surface area contributed by atoms with Crippen molar-refractivity contribution in [3.63, 3.8) is 0 Å². The Morgan fingerprint density at radius 2 is 1.92 bits per heavy atom. The summed E-state index contributed by atoms with van der Waals surface area (Å²) in [5, 5.41) is 0.217. The normalized spacial score (nSPS) is 13.0. The average molecular weight is 371 g/mol. The van der Waals surface area contributed by atoms with Gasteiger partial charge in [0.15, 0.2) is 8.32 Å². The van der Waals surface area contributed by atoms with Crippen LogP contribution in [0.25, 0.3) is 22.1 Å². The number of hydrogen-bond acceptors (Lipinski definition) is 4. The molecule has 26 heavy (non-hydrogen) atoms. The topological polar surface area (TPSA) is 52.8 Å². The van der Waals surface area contributed by atoms with Crippen molar-refractivity contribution in [1.82, 2.24) is 19.5 Å². The van der Waals surface area contributed by atoms with Gasteiger partial charge in [-0.05, 0) is 36.7 Å². The Hall–Kier alpha value is -1.79. The molecular formula is C20H30N4OSi. The van der Waals surface area contributed by atoms with E-state index >= 15 is 0 Å². The summed E-state index contributed by atoms with van der Waals surface area (Å²) in [7, 11) is -1.76. The highest BCUT2D eigenvalue weighted by molar-refractivity contribution is 6.74. The minimum atomic E-state index is -1.76. The molecule has 0 bridgehead atoms. The molecule has 0 aromatic carbocycles. The molecule has 6 heteroatoms. The molecule has 0 fully saturated rings. The lowest BCUT2D eigenvalue weighted by Crippen LogP contribution is -2.41. The standard InChI is InChI=1S/C20H30N4OSi/c1-7-9-17-23-16-14-22-15-10-8-11-21-18(15)19(16)24(17)12-13-25-26(5,6)20(2,3)4/h8,10-11,14H,7,9,12-13H2,1-6H3. The molecule has 3 aromatic rings. The van der Waals surface area contributed by atoms with Gasteiger partial charge < -0.3 is 8.99 Å². The first-order valence-electron chi connectivity index (χ1n) is 9.47. The highest BCUT2D eigenvalue weighted by Crippen LogP contribution is 2.36. The van der Waals surface area contributed by atoms with Gasteiger partial charge >= 0.3 is 0 Å². The molecule has 0 amide bonds. The van der Waals surface area contributed by atoms with Crippen molar-refractivity contribution in [3.05, 3.63) is 30.4 Å². The molecule has 0 atom stereocenters. The van der Waals surface area contributed by atoms with E-state index in [-0.39, 0.29) is 5.04 Å². The summed E-state index contributed by atoms with van der Waals surface area (Å²) in [4.78, 5) is 13.9. The summed E-state index contributed by atoms with van der Waals surface area (Å²) in [5.41, 5.74) is 3.84. The van der Waals surface area contributed by atoms with Gasteiger partial charge in [-0.2, -0.15) is 0 Å². The van der Waals surface area contributed by atoms with Gasteiger partial charge in [-0.25, -0.2) is 4.98 Å². The van der Waals surface area contributed by atoms with Gasteiger partial charge in [-0.1, -0.05) is 27.7 Å². The average Bonchev–Trinajstić information content (AvgIpc) is 2.92. The molecular weight excluding hydrogens is 340 g/mol. The van der Waals surface area contributed by atoms with Crippen LogP contribution in [0.4, 0.5) is 0 Å². The van der Waals surface area contributed by atoms with Crippen LogP contribution in [0.3, 0.4) is 0 Å². The van der Waals surface area contributed by atoms with Crippen molar-refractivity contribution < 1.29 is 4.43 Å². The Balaban J connectivity index is 1.98. The molecule has 0 aliphatic heterocycles. The highest BCUT2D eigenvalue weighted by atomic mass is 28.4. The third kappa shape index (κ3) is 3.53. The number of pyridine rings is 2. The van der Waals surface area contributed by atoms with Crippen LogP contribution < -0.4 is 0 Å². The molecule has 0 saturated carbocycles. The van der Waals surface area contributed by atoms with Crippen LogP contribution in [0.1, 0.15) is 39.9 Å². The molecule has 3 heterocycles. The van der Waals surface area contributed by atoms with E-state index in [0.29, 0.717) is 6.61 Å². The van der Waals surface area contributed by atoms with Gasteiger partial charge in [0.2, 0.25) is 0 Å². The zero-order valence-electron chi connectivity index (χ0n) is 16.8. The summed E-state index contributed by atoms with van der Waals surface area (Å²) in [6.07, 6.45) is 5.70. The number of nitrogens with zero attached hydrogens (tertiary/aromatic N) is 4. The van der Waals surface area contributed by atoms with Crippen LogP contribution in [0.5, 0.6) is 0 Å². The van der Waals surface area contributed by atoms with Crippen LogP contribution in [0.2, 0.25) is 18.1 Å². The number of imidazole rings is 1. The summed E-state index contributed by atoms with van der Waals surface area (Å²) in [6, 6.07) is 3.93. The van der Waals surface area contributed by atoms with Gasteiger partial charge in [-0.15, -0.1) is 0 Å². The van der Waals surface area contributed by atoms with Crippen LogP contribution in [0.15, 0.2) is 24.5 Å². The maximum atomic E-state index is 6.42. The van der Waals surface area contributed by atoms with Gasteiger partial charge in [0.05, 0.1) is 23.8 Å². The predicted molar refractivity (Wildman–Crippen MR) is 110 cm³/mol. The Kier molecular flexibility index (Phi) is 5.17. The lowest BCUT2D eigenvalue weighted by atomic mass is 10.2. The third-order valence-corrected chi connectivity index (χ3v) is 10.0. The lowest BCUT2D eigenvalue weighted by Gasteiger charge is -2.36. The van der Waals surface area contributed by atoms with Crippen LogP contribution in [0, 0.1) is 0 Å². The van der Waals surface area contributed by atoms with Gasteiger partial charge in [0, 0.05) is 19.2 Å². The second-order valence-corrected chi connectivity index (χ2v) is 13.2. The zero-order valence-corrected chi connectivity index (χ0v) is 17.8. The van der Waals surface area contributed by atoms with Crippen LogP contribution in [-0.2, 0) is 17.4 Å². The first kappa shape index (κ1) is 19.0. The van der Waals surface area contributed by atoms with Gasteiger partial charge in [0.1, 0.15) is 16.9 Å². The van der Waals surface area contributed by atoms with Gasteiger partial charge in [-0.3, -0.25) is 9.97 Å². The molecule has 0 spiro atoms. The smallest absolute Gasteiger partial charge is 0.192 e. The maximum absolute atomic E-state index is 6.42. The number of hydrogen-bond donors (Lipinski definition) is 0. The number of fused-ring (bicyclic) bond motifs is 3. The second kappa shape index (κ2) is 7.08. The molecule has 0 aliphatic rings. The quantitative estimate of drug-likeness (QED) is 0.576. The molecule has 3 rings (SSSR count). The van der Waals surface area contributed by atoms with Crippen molar-refractivity contribution in [2.24, 2.45) is 0 Å². The molecule has 0 N–H and O–H groups in total. The van der Waals surface area contributed by atoms with E-state index in [4.69, 9.17) is 9.41 Å². The fourth-order valence-corrected chi connectivity index (χ4v) is 3.97. The van der Waals surface area contributed by atoms with E-state index < -0.39 is 8.32 Å². The highest BCUT2D eigenvalue weighted by Gasteiger charge is 2.37. The third-order valence-electron chi connectivity index (χ3n) is 5.47. The fraction of sp³-hybridized carbons (Fsp3) is 0.550. The molecule has 140 valence electrons. The monoisotopic (exact) mass is 370 g/mol. The van der Waals surface area contributed by atoms with E-state index in [0.717, 1.165) is 47.3 Å². The Bertz CT molecular complexity index is 911. The second-order valence-electron chi connectivity index (χ2n) is 8.40. The summed E-state index contributed by atoms with van der Waals surface area (Å²) in [6.45, 7) is 15.1. The Labute approximate surface area is 157 Å². The fourth-order valence-electron chi connectivity index (χ4n) is 2.94. The molecule has 0 radical (unpaired) electrons. The number of rotatable bonds is 6. The predicted octanol–water partition coefficient (Wildman–Crippen LogP) is 4.95. The minimum absolute atomic E-state index is 0.217. The number of aryl methyl sites for hydroxylation is 1. The molecule has 5 nitrogen and oxygen atoms in total. The van der Waals surface area contributed by atoms with Gasteiger partial charge in [0.25, 0.3) is 0 Å². The first-order chi connectivity index (χ1) is 12.2. The van der Waals surface area contributed by atoms with Crippen LogP contribution in [-0.4, -0.2) is 34.4 Å². The van der Waals surface area contributed by atoms with E-state index in [1.807, 2.05) is 24.5 Å². The largest absolute Gasteiger partial charge is 0.415 e. The Morgan fingerprint density at radius 3 is 2.62 bits per heavy atom. The minimum Gasteiger partial charge on any atom is -0.415 e. The van der Waals surface area contributed by atoms with E-state index in [1.54, 1.807) is 0 Å². The van der Waals surface area contributed by atoms with E-state index in [2.05, 4.69) is 55.3 Å². The van der Waals surface area contributed by atoms with E-state index in [1.165, 1.54) is 0 Å². The van der Waals surface area contributed by atoms with E-state index in [9.17, 15) is 0 Å². The molecule has 0 saturated heterocycles. The summed E-state index contributed by atoms with van der Waals surface area (Å²) < 4.78 is 8.71. The molecule has 0 unspecified atom stereocenters. The zero-order chi connectivity index (χ0) is 18.9. The van der Waals surface area contributed by atoms with Crippen molar-refractivity contribution in [2.75, 3.05) is 6.61 Å². The van der Waals surface area contributed by atoms with Crippen molar-refractivity contribution in [3.8, 4) is 0 Å². The number of aromatic nitrogens is 4. The lowest BCUT2D eigenvalue weighted by molar-refractivity contribution is 0.272. The summed E-state index contributed by atoms with van der Waals surface area (Å²) >= 11 is 0. The Morgan fingerprint density at radius 1 is 1.15 bits per heavy atom.